The molecule has 0 saturated carbocycles. The Hall–Kier alpha value is -1.94. The molecule has 0 fully saturated rings. The maximum atomic E-state index is 13.1. The Kier molecular flexibility index (Phi) is 74.8. The topological polar surface area (TPSA) is 237 Å². The molecule has 3 N–H and O–H groups in total. The largest absolute Gasteiger partial charge is 0.472 e. The molecule has 19 heteroatoms. The fourth-order valence-corrected chi connectivity index (χ4v) is 14.4. The van der Waals surface area contributed by atoms with Crippen molar-refractivity contribution >= 4 is 39.5 Å². The van der Waals surface area contributed by atoms with Gasteiger partial charge in [-0.3, -0.25) is 37.3 Å². The number of aliphatic hydroxyl groups excluding tert-OH is 1. The van der Waals surface area contributed by atoms with Crippen molar-refractivity contribution in [1.29, 1.82) is 0 Å². The molecule has 0 spiro atoms. The van der Waals surface area contributed by atoms with Crippen LogP contribution in [0.25, 0.3) is 0 Å². The third kappa shape index (κ3) is 76.1. The fourth-order valence-electron chi connectivity index (χ4n) is 12.8. The number of phosphoric ester groups is 2. The molecule has 0 saturated heterocycles. The number of carbonyl (C=O) groups excluding carboxylic acids is 4. The molecule has 0 aromatic rings. The minimum Gasteiger partial charge on any atom is -0.462 e. The van der Waals surface area contributed by atoms with E-state index in [4.69, 9.17) is 37.0 Å². The number of esters is 4. The van der Waals surface area contributed by atoms with Crippen LogP contribution in [0.5, 0.6) is 0 Å². The van der Waals surface area contributed by atoms with E-state index in [1.54, 1.807) is 0 Å². The summed E-state index contributed by atoms with van der Waals surface area (Å²) in [5, 5.41) is 10.6. The van der Waals surface area contributed by atoms with Gasteiger partial charge < -0.3 is 33.8 Å². The van der Waals surface area contributed by atoms with Crippen molar-refractivity contribution in [3.05, 3.63) is 0 Å². The smallest absolute Gasteiger partial charge is 0.462 e. The lowest BCUT2D eigenvalue weighted by atomic mass is 10.0. The molecule has 0 heterocycles. The summed E-state index contributed by atoms with van der Waals surface area (Å²) in [5.74, 6) is -2.10. The lowest BCUT2D eigenvalue weighted by Gasteiger charge is -2.21. The van der Waals surface area contributed by atoms with Crippen molar-refractivity contribution in [3.63, 3.8) is 0 Å². The monoisotopic (exact) mass is 1480 g/mol. The predicted molar refractivity (Wildman–Crippen MR) is 414 cm³/mol. The molecular formula is C82H160O17P2. The molecule has 5 atom stereocenters. The van der Waals surface area contributed by atoms with Crippen LogP contribution in [0, 0.1) is 0 Å². The summed E-state index contributed by atoms with van der Waals surface area (Å²) in [7, 11) is -9.92. The summed E-state index contributed by atoms with van der Waals surface area (Å²) < 4.78 is 68.8. The predicted octanol–water partition coefficient (Wildman–Crippen LogP) is 25.0. The third-order valence-corrected chi connectivity index (χ3v) is 21.3. The standard InChI is InChI=1S/C82H160O17P2/c1-5-9-13-17-21-25-29-33-35-37-38-39-41-43-45-49-53-57-61-65-69-82(87)99-78(73-93-80(85)67-63-59-55-51-48-44-42-40-36-34-30-26-22-18-14-10-6-2)75-97-101(90,91)95-71-76(83)70-94-100(88,89)96-74-77(98-81(86)68-64-60-56-52-47-32-28-24-20-16-12-8-4)72-92-79(84)66-62-58-54-50-46-31-27-23-19-15-11-7-3/h76-78,83H,5-75H2,1-4H3,(H,88,89)(H,90,91)/t76-,77+,78+/m0/s1. The van der Waals surface area contributed by atoms with Gasteiger partial charge in [0.05, 0.1) is 26.4 Å². The zero-order valence-electron chi connectivity index (χ0n) is 65.9. The highest BCUT2D eigenvalue weighted by Gasteiger charge is 2.30. The Balaban J connectivity index is 5.23. The van der Waals surface area contributed by atoms with Crippen molar-refractivity contribution in [2.45, 2.75) is 463 Å². The first-order chi connectivity index (χ1) is 49.2. The normalized spacial score (nSPS) is 13.8. The average Bonchev–Trinajstić information content (AvgIpc) is 1.00. The molecule has 101 heavy (non-hydrogen) atoms. The Morgan fingerprint density at radius 2 is 0.396 bits per heavy atom. The second-order valence-corrected chi connectivity index (χ2v) is 32.4. The molecule has 0 aliphatic heterocycles. The lowest BCUT2D eigenvalue weighted by Crippen LogP contribution is -2.30. The van der Waals surface area contributed by atoms with E-state index in [2.05, 4.69) is 27.7 Å². The van der Waals surface area contributed by atoms with Gasteiger partial charge in [-0.15, -0.1) is 0 Å². The summed E-state index contributed by atoms with van der Waals surface area (Å²) >= 11 is 0. The highest BCUT2D eigenvalue weighted by molar-refractivity contribution is 7.47. The first-order valence-electron chi connectivity index (χ1n) is 42.8. The van der Waals surface area contributed by atoms with Gasteiger partial charge in [0.25, 0.3) is 0 Å². The molecule has 0 rings (SSSR count). The highest BCUT2D eigenvalue weighted by atomic mass is 31.2. The van der Waals surface area contributed by atoms with Gasteiger partial charge in [-0.05, 0) is 25.7 Å². The van der Waals surface area contributed by atoms with Gasteiger partial charge in [-0.25, -0.2) is 9.13 Å². The Labute approximate surface area is 619 Å². The molecule has 0 radical (unpaired) electrons. The van der Waals surface area contributed by atoms with E-state index < -0.39 is 97.5 Å². The number of unbranched alkanes of at least 4 members (excludes halogenated alkanes) is 57. The molecule has 0 amide bonds. The number of ether oxygens (including phenoxy) is 4. The molecular weight excluding hydrogens is 1320 g/mol. The molecule has 17 nitrogen and oxygen atoms in total. The van der Waals surface area contributed by atoms with E-state index in [9.17, 15) is 43.2 Å². The number of aliphatic hydroxyl groups is 1. The van der Waals surface area contributed by atoms with Crippen molar-refractivity contribution in [3.8, 4) is 0 Å². The van der Waals surface area contributed by atoms with Gasteiger partial charge >= 0.3 is 39.5 Å². The molecule has 0 aromatic carbocycles. The van der Waals surface area contributed by atoms with Crippen molar-refractivity contribution in [2.24, 2.45) is 0 Å². The maximum Gasteiger partial charge on any atom is 0.472 e. The number of hydrogen-bond donors (Lipinski definition) is 3. The van der Waals surface area contributed by atoms with Crippen LogP contribution >= 0.6 is 15.6 Å². The van der Waals surface area contributed by atoms with Crippen LogP contribution in [0.4, 0.5) is 0 Å². The van der Waals surface area contributed by atoms with Gasteiger partial charge in [-0.1, -0.05) is 394 Å². The second-order valence-electron chi connectivity index (χ2n) is 29.5. The Bertz CT molecular complexity index is 1910. The maximum absolute atomic E-state index is 13.1. The summed E-state index contributed by atoms with van der Waals surface area (Å²) in [5.41, 5.74) is 0. The van der Waals surface area contributed by atoms with Gasteiger partial charge in [-0.2, -0.15) is 0 Å². The molecule has 0 aromatic heterocycles. The van der Waals surface area contributed by atoms with Gasteiger partial charge in [0.2, 0.25) is 0 Å². The molecule has 0 aliphatic rings. The molecule has 2 unspecified atom stereocenters. The van der Waals surface area contributed by atoms with Gasteiger partial charge in [0.15, 0.2) is 12.2 Å². The summed E-state index contributed by atoms with van der Waals surface area (Å²) in [6.45, 7) is 5.03. The van der Waals surface area contributed by atoms with E-state index >= 15 is 0 Å². The van der Waals surface area contributed by atoms with Crippen LogP contribution in [-0.4, -0.2) is 96.7 Å². The summed E-state index contributed by atoms with van der Waals surface area (Å²) in [4.78, 5) is 73.1. The zero-order valence-corrected chi connectivity index (χ0v) is 67.7. The van der Waals surface area contributed by atoms with E-state index in [1.165, 1.54) is 276 Å². The highest BCUT2D eigenvalue weighted by Crippen LogP contribution is 2.45. The quantitative estimate of drug-likeness (QED) is 0.0222. The van der Waals surface area contributed by atoms with Crippen LogP contribution in [0.15, 0.2) is 0 Å². The van der Waals surface area contributed by atoms with Crippen LogP contribution in [0.2, 0.25) is 0 Å². The molecule has 0 aliphatic carbocycles. The summed E-state index contributed by atoms with van der Waals surface area (Å²) in [6.07, 6.45) is 69.3. The van der Waals surface area contributed by atoms with Crippen molar-refractivity contribution in [1.82, 2.24) is 0 Å². The van der Waals surface area contributed by atoms with E-state index in [0.29, 0.717) is 25.7 Å². The first-order valence-corrected chi connectivity index (χ1v) is 45.8. The summed E-state index contributed by atoms with van der Waals surface area (Å²) in [6, 6.07) is 0. The van der Waals surface area contributed by atoms with Crippen molar-refractivity contribution < 1.29 is 80.2 Å². The number of carbonyl (C=O) groups is 4. The van der Waals surface area contributed by atoms with E-state index in [-0.39, 0.29) is 25.7 Å². The van der Waals surface area contributed by atoms with E-state index in [1.807, 2.05) is 0 Å². The van der Waals surface area contributed by atoms with Gasteiger partial charge in [0.1, 0.15) is 19.3 Å². The van der Waals surface area contributed by atoms with Crippen LogP contribution in [0.3, 0.4) is 0 Å². The Morgan fingerprint density at radius 3 is 0.584 bits per heavy atom. The average molecular weight is 1480 g/mol. The zero-order chi connectivity index (χ0) is 73.9. The van der Waals surface area contributed by atoms with Crippen molar-refractivity contribution in [2.75, 3.05) is 39.6 Å². The number of phosphoric acid groups is 2. The lowest BCUT2D eigenvalue weighted by molar-refractivity contribution is -0.161. The number of rotatable bonds is 83. The first kappa shape index (κ1) is 99.1. The minimum atomic E-state index is -4.96. The Morgan fingerprint density at radius 1 is 0.238 bits per heavy atom. The second kappa shape index (κ2) is 76.3. The van der Waals surface area contributed by atoms with Crippen LogP contribution in [0.1, 0.15) is 445 Å². The minimum absolute atomic E-state index is 0.108. The molecule has 0 bridgehead atoms. The van der Waals surface area contributed by atoms with Crippen LogP contribution in [-0.2, 0) is 65.4 Å². The third-order valence-electron chi connectivity index (χ3n) is 19.4. The van der Waals surface area contributed by atoms with Gasteiger partial charge in [0, 0.05) is 25.7 Å². The fraction of sp³-hybridized carbons (Fsp3) is 0.951. The molecule has 600 valence electrons. The number of hydrogen-bond acceptors (Lipinski definition) is 15. The van der Waals surface area contributed by atoms with E-state index in [0.717, 1.165) is 89.9 Å². The SMILES string of the molecule is CCCCCCCCCCCCCCCCCCCCCCC(=O)O[C@H](COC(=O)CCCCCCCCCCCCCCCCCCC)COP(=O)(O)OC[C@@H](O)COP(=O)(O)OC[C@@H](COC(=O)CCCCCCCCCCCCCC)OC(=O)CCCCCCCCCCCCCC. The van der Waals surface area contributed by atoms with Crippen LogP contribution < -0.4 is 0 Å².